The second kappa shape index (κ2) is 5.61. The minimum absolute atomic E-state index is 0.0700. The third-order valence-corrected chi connectivity index (χ3v) is 3.65. The molecule has 1 aliphatic heterocycles. The summed E-state index contributed by atoms with van der Waals surface area (Å²) in [6.45, 7) is 5.15. The van der Waals surface area contributed by atoms with Gasteiger partial charge >= 0.3 is 6.09 Å². The van der Waals surface area contributed by atoms with Crippen LogP contribution in [-0.4, -0.2) is 26.2 Å². The lowest BCUT2D eigenvalue weighted by Crippen LogP contribution is -2.27. The molecule has 1 unspecified atom stereocenters. The number of hydrogen-bond donors (Lipinski definition) is 0. The first-order valence-corrected chi connectivity index (χ1v) is 7.68. The zero-order valence-electron chi connectivity index (χ0n) is 13.6. The van der Waals surface area contributed by atoms with Crippen LogP contribution in [0.4, 0.5) is 13.6 Å². The number of hydrogen-bond acceptors (Lipinski definition) is 4. The van der Waals surface area contributed by atoms with Crippen LogP contribution in [0.3, 0.4) is 0 Å². The minimum atomic E-state index is -1.34. The lowest BCUT2D eigenvalue weighted by molar-refractivity contribution is -0.523. The van der Waals surface area contributed by atoms with Gasteiger partial charge in [0.2, 0.25) is 0 Å². The number of ether oxygens (including phenoxy) is 1. The van der Waals surface area contributed by atoms with Crippen molar-refractivity contribution < 1.29 is 23.1 Å². The third-order valence-electron chi connectivity index (χ3n) is 3.65. The van der Waals surface area contributed by atoms with E-state index in [4.69, 9.17) is 4.74 Å². The van der Waals surface area contributed by atoms with Crippen molar-refractivity contribution in [1.82, 2.24) is 9.78 Å². The van der Waals surface area contributed by atoms with Crippen molar-refractivity contribution in [2.75, 3.05) is 0 Å². The molecule has 1 aromatic heterocycles. The van der Waals surface area contributed by atoms with Crippen LogP contribution >= 0.6 is 0 Å². The molecule has 1 aliphatic carbocycles. The number of halogens is 2. The fourth-order valence-electron chi connectivity index (χ4n) is 2.54. The number of rotatable bonds is 2. The predicted octanol–water partition coefficient (Wildman–Crippen LogP) is 4.04. The molecule has 2 heterocycles. The van der Waals surface area contributed by atoms with Gasteiger partial charge in [-0.2, -0.15) is 9.78 Å². The first-order chi connectivity index (χ1) is 11.2. The van der Waals surface area contributed by atoms with Crippen molar-refractivity contribution in [3.8, 4) is 0 Å². The van der Waals surface area contributed by atoms with Gasteiger partial charge in [-0.25, -0.2) is 13.6 Å². The van der Waals surface area contributed by atoms with E-state index in [1.54, 1.807) is 20.8 Å². The number of carbonyl (C=O) groups excluding carboxylic acids is 1. The molecule has 0 radical (unpaired) electrons. The van der Waals surface area contributed by atoms with Gasteiger partial charge in [0.1, 0.15) is 5.60 Å². The highest BCUT2D eigenvalue weighted by Gasteiger charge is 2.42. The molecule has 0 saturated heterocycles. The van der Waals surface area contributed by atoms with Gasteiger partial charge < -0.3 is 4.74 Å². The summed E-state index contributed by atoms with van der Waals surface area (Å²) < 4.78 is 33.8. The summed E-state index contributed by atoms with van der Waals surface area (Å²) >= 11 is 0. The van der Waals surface area contributed by atoms with Gasteiger partial charge in [-0.1, -0.05) is 0 Å². The van der Waals surface area contributed by atoms with E-state index in [9.17, 15) is 18.5 Å². The fraction of sp³-hybridized carbons (Fsp3) is 0.500. The van der Waals surface area contributed by atoms with E-state index in [1.165, 1.54) is 6.20 Å². The Kier molecular flexibility index (Phi) is 3.85. The van der Waals surface area contributed by atoms with Crippen molar-refractivity contribution in [3.63, 3.8) is 0 Å². The molecule has 24 heavy (non-hydrogen) atoms. The fourth-order valence-corrected chi connectivity index (χ4v) is 2.54. The number of aromatic nitrogens is 2. The SMILES string of the molecule is CC(C)(C)OC(=O)n1cc(C2C(F)=CC(F)=C[N+]2=O)c(C2CC2)n1. The zero-order chi connectivity index (χ0) is 17.6. The first kappa shape index (κ1) is 16.5. The molecule has 8 heteroatoms. The second-order valence-electron chi connectivity index (χ2n) is 6.97. The summed E-state index contributed by atoms with van der Waals surface area (Å²) in [5, 5.41) is 4.19. The van der Waals surface area contributed by atoms with E-state index in [1.807, 2.05) is 0 Å². The van der Waals surface area contributed by atoms with Gasteiger partial charge in [0.05, 0.1) is 11.3 Å². The van der Waals surface area contributed by atoms with E-state index < -0.39 is 29.4 Å². The van der Waals surface area contributed by atoms with Crippen LogP contribution < -0.4 is 0 Å². The Labute approximate surface area is 137 Å². The molecule has 1 aromatic rings. The Bertz CT molecular complexity index is 770. The summed E-state index contributed by atoms with van der Waals surface area (Å²) in [6.07, 6.45) is 3.62. The molecular formula is C16H18F2N3O3+. The first-order valence-electron chi connectivity index (χ1n) is 7.68. The molecule has 6 nitrogen and oxygen atoms in total. The standard InChI is InChI=1S/C16H18F2N3O3/c1-16(2,3)24-15(22)20-8-11(13(19-20)9-4-5-9)14-12(18)6-10(17)7-21(14)23/h6-9,14H,4-5H2,1-3H3/q+1. The lowest BCUT2D eigenvalue weighted by Gasteiger charge is -2.18. The molecular weight excluding hydrogens is 320 g/mol. The maximum atomic E-state index is 14.2. The third kappa shape index (κ3) is 3.27. The second-order valence-corrected chi connectivity index (χ2v) is 6.97. The van der Waals surface area contributed by atoms with E-state index in [0.29, 0.717) is 18.0 Å². The van der Waals surface area contributed by atoms with Gasteiger partial charge in [0, 0.05) is 27.9 Å². The van der Waals surface area contributed by atoms with E-state index in [2.05, 4.69) is 5.10 Å². The van der Waals surface area contributed by atoms with Crippen LogP contribution in [0.15, 0.2) is 30.1 Å². The maximum absolute atomic E-state index is 14.2. The minimum Gasteiger partial charge on any atom is -0.442 e. The van der Waals surface area contributed by atoms with Crippen LogP contribution in [-0.2, 0) is 4.74 Å². The molecule has 1 fully saturated rings. The quantitative estimate of drug-likeness (QED) is 0.763. The van der Waals surface area contributed by atoms with Crippen LogP contribution in [0.25, 0.3) is 0 Å². The van der Waals surface area contributed by atoms with Gasteiger partial charge in [-0.15, -0.1) is 0 Å². The Morgan fingerprint density at radius 1 is 1.38 bits per heavy atom. The highest BCUT2D eigenvalue weighted by atomic mass is 19.1. The molecule has 1 saturated carbocycles. The molecule has 1 atom stereocenters. The van der Waals surface area contributed by atoms with Crippen LogP contribution in [0, 0.1) is 4.91 Å². The van der Waals surface area contributed by atoms with Gasteiger partial charge in [-0.05, 0) is 33.6 Å². The normalized spacial score (nSPS) is 21.4. The summed E-state index contributed by atoms with van der Waals surface area (Å²) in [7, 11) is 0. The monoisotopic (exact) mass is 338 g/mol. The number of allylic oxidation sites excluding steroid dienone is 2. The van der Waals surface area contributed by atoms with Crippen LogP contribution in [0.1, 0.15) is 56.8 Å². The molecule has 0 spiro atoms. The molecule has 3 rings (SSSR count). The van der Waals surface area contributed by atoms with E-state index in [0.717, 1.165) is 17.5 Å². The predicted molar refractivity (Wildman–Crippen MR) is 80.6 cm³/mol. The van der Waals surface area contributed by atoms with Gasteiger partial charge in [-0.3, -0.25) is 0 Å². The summed E-state index contributed by atoms with van der Waals surface area (Å²) in [5.74, 6) is -1.80. The van der Waals surface area contributed by atoms with Crippen LogP contribution in [0.5, 0.6) is 0 Å². The van der Waals surface area contributed by atoms with Crippen LogP contribution in [0.2, 0.25) is 0 Å². The zero-order valence-corrected chi connectivity index (χ0v) is 13.6. The summed E-state index contributed by atoms with van der Waals surface area (Å²) in [6, 6.07) is -1.34. The Morgan fingerprint density at radius 3 is 2.58 bits per heavy atom. The van der Waals surface area contributed by atoms with Crippen molar-refractivity contribution in [3.05, 3.63) is 46.3 Å². The molecule has 0 bridgehead atoms. The average Bonchev–Trinajstić information content (AvgIpc) is 3.16. The Hall–Kier alpha value is -2.38. The highest BCUT2D eigenvalue weighted by molar-refractivity contribution is 5.70. The molecule has 0 amide bonds. The van der Waals surface area contributed by atoms with E-state index in [-0.39, 0.29) is 16.2 Å². The number of nitrogens with zero attached hydrogens (tertiary/aromatic N) is 3. The average molecular weight is 338 g/mol. The molecule has 0 N–H and O–H groups in total. The smallest absolute Gasteiger partial charge is 0.435 e. The molecule has 128 valence electrons. The Morgan fingerprint density at radius 2 is 2.04 bits per heavy atom. The van der Waals surface area contributed by atoms with Gasteiger partial charge in [0.15, 0.2) is 11.7 Å². The summed E-state index contributed by atoms with van der Waals surface area (Å²) in [5.41, 5.74) is 0.0249. The maximum Gasteiger partial charge on any atom is 0.435 e. The lowest BCUT2D eigenvalue weighted by atomic mass is 10.0. The highest BCUT2D eigenvalue weighted by Crippen LogP contribution is 2.44. The van der Waals surface area contributed by atoms with E-state index >= 15 is 0 Å². The topological polar surface area (TPSA) is 64.2 Å². The molecule has 0 aromatic carbocycles. The molecule has 2 aliphatic rings. The van der Waals surface area contributed by atoms with Crippen molar-refractivity contribution in [1.29, 1.82) is 0 Å². The largest absolute Gasteiger partial charge is 0.442 e. The number of nitroso groups, excluding NO2 is 1. The van der Waals surface area contributed by atoms with Crippen molar-refractivity contribution >= 4 is 6.09 Å². The van der Waals surface area contributed by atoms with Crippen molar-refractivity contribution in [2.24, 2.45) is 0 Å². The Balaban J connectivity index is 1.98. The number of carbonyl (C=O) groups is 1. The van der Waals surface area contributed by atoms with Crippen molar-refractivity contribution in [2.45, 2.75) is 51.2 Å². The van der Waals surface area contributed by atoms with Gasteiger partial charge in [0.25, 0.3) is 12.2 Å². The summed E-state index contributed by atoms with van der Waals surface area (Å²) in [4.78, 5) is 24.2.